The number of aliphatic hydroxyl groups is 1. The quantitative estimate of drug-likeness (QED) is 0.167. The summed E-state index contributed by atoms with van der Waals surface area (Å²) in [4.78, 5) is 52.2. The first-order valence-electron chi connectivity index (χ1n) is 17.6. The van der Waals surface area contributed by atoms with Crippen LogP contribution in [0.2, 0.25) is 0 Å². The highest BCUT2D eigenvalue weighted by atomic mass is 31.2. The Morgan fingerprint density at radius 1 is 0.732 bits per heavy atom. The lowest BCUT2D eigenvalue weighted by molar-refractivity contribution is -0.0859. The molecule has 0 bridgehead atoms. The highest BCUT2D eigenvalue weighted by Gasteiger charge is 2.55. The minimum Gasteiger partial charge on any atom is -0.387 e. The number of phosphoric acid groups is 1. The topological polar surface area (TPSA) is 208 Å². The Hall–Kier alpha value is -4.37. The summed E-state index contributed by atoms with van der Waals surface area (Å²) in [5.41, 5.74) is -1.01. The number of hydrogen-bond acceptors (Lipinski definition) is 15. The van der Waals surface area contributed by atoms with Gasteiger partial charge in [0.2, 0.25) is 0 Å². The second-order valence-electron chi connectivity index (χ2n) is 13.1. The van der Waals surface area contributed by atoms with Crippen LogP contribution < -0.4 is 22.5 Å². The minimum atomic E-state index is -4.37. The van der Waals surface area contributed by atoms with Gasteiger partial charge in [-0.25, -0.2) is 23.3 Å². The van der Waals surface area contributed by atoms with Crippen LogP contribution in [-0.4, -0.2) is 87.4 Å². The number of fused-ring (bicyclic) bond motifs is 1. The molecule has 3 aliphatic rings. The van der Waals surface area contributed by atoms with E-state index in [-0.39, 0.29) is 33.3 Å². The molecule has 3 fully saturated rings. The summed E-state index contributed by atoms with van der Waals surface area (Å²) in [7, 11) is -1.71. The summed E-state index contributed by atoms with van der Waals surface area (Å²) < 4.78 is 69.2. The maximum absolute atomic E-state index is 13.8. The molecule has 0 amide bonds. The van der Waals surface area contributed by atoms with Gasteiger partial charge in [0.25, 0.3) is 11.1 Å². The Bertz CT molecular complexity index is 2250. The Morgan fingerprint density at radius 3 is 1.77 bits per heavy atom. The van der Waals surface area contributed by atoms with Crippen LogP contribution in [0, 0.1) is 0 Å². The van der Waals surface area contributed by atoms with Crippen molar-refractivity contribution in [1.82, 2.24) is 18.3 Å². The summed E-state index contributed by atoms with van der Waals surface area (Å²) in [6, 6.07) is 20.8. The van der Waals surface area contributed by atoms with Gasteiger partial charge in [-0.15, -0.1) is 0 Å². The maximum Gasteiger partial charge on any atom is 0.475 e. The normalized spacial score (nSPS) is 28.7. The van der Waals surface area contributed by atoms with Crippen LogP contribution >= 0.6 is 7.82 Å². The third-order valence-corrected chi connectivity index (χ3v) is 11.0. The van der Waals surface area contributed by atoms with Crippen molar-refractivity contribution in [3.63, 3.8) is 0 Å². The van der Waals surface area contributed by atoms with Gasteiger partial charge in [-0.3, -0.25) is 32.3 Å². The van der Waals surface area contributed by atoms with Crippen molar-refractivity contribution < 1.29 is 51.7 Å². The molecule has 3 aliphatic heterocycles. The molecule has 1 N–H and O–H groups in total. The van der Waals surface area contributed by atoms with Crippen LogP contribution in [0.1, 0.15) is 23.6 Å². The zero-order valence-electron chi connectivity index (χ0n) is 30.3. The fourth-order valence-corrected chi connectivity index (χ4v) is 8.11. The summed E-state index contributed by atoms with van der Waals surface area (Å²) in [5, 5.41) is 11.1. The van der Waals surface area contributed by atoms with E-state index in [0.717, 1.165) is 35.5 Å². The monoisotopic (exact) mass is 800 g/mol. The SMILES string of the molecule is CO[C@@H]1[C@H](O)[C@@H](COP2(=O)OC[C@H]3O[C@@H](n4ccc(=O)n(COCc5ccccc5)c4=O)[C@H](OC)[C@@H]3O2)O[C@H]1n1ccc(=O)n(COCc2ccccc2)c1=O. The fraction of sp³-hybridized carbons (Fsp3) is 0.444. The molecule has 5 heterocycles. The van der Waals surface area contributed by atoms with E-state index in [9.17, 15) is 28.8 Å². The van der Waals surface area contributed by atoms with Gasteiger partial charge >= 0.3 is 19.2 Å². The van der Waals surface area contributed by atoms with Crippen LogP contribution in [0.5, 0.6) is 0 Å². The van der Waals surface area contributed by atoms with Crippen molar-refractivity contribution in [3.05, 3.63) is 138 Å². The molecule has 56 heavy (non-hydrogen) atoms. The Labute approximate surface area is 318 Å². The Morgan fingerprint density at radius 2 is 1.25 bits per heavy atom. The summed E-state index contributed by atoms with van der Waals surface area (Å²) in [6.07, 6.45) is -6.46. The molecule has 2 aromatic heterocycles. The molecule has 20 heteroatoms. The van der Waals surface area contributed by atoms with E-state index in [2.05, 4.69) is 0 Å². The molecule has 0 spiro atoms. The molecule has 0 aliphatic carbocycles. The largest absolute Gasteiger partial charge is 0.475 e. The lowest BCUT2D eigenvalue weighted by Crippen LogP contribution is -2.44. The van der Waals surface area contributed by atoms with Crippen molar-refractivity contribution in [3.8, 4) is 0 Å². The predicted molar refractivity (Wildman–Crippen MR) is 192 cm³/mol. The lowest BCUT2D eigenvalue weighted by atomic mass is 10.1. The van der Waals surface area contributed by atoms with Gasteiger partial charge < -0.3 is 33.5 Å². The van der Waals surface area contributed by atoms with E-state index >= 15 is 0 Å². The summed E-state index contributed by atoms with van der Waals surface area (Å²) >= 11 is 0. The van der Waals surface area contributed by atoms with Crippen molar-refractivity contribution in [1.29, 1.82) is 0 Å². The molecule has 7 rings (SSSR count). The van der Waals surface area contributed by atoms with E-state index in [0.29, 0.717) is 0 Å². The molecular weight excluding hydrogens is 759 g/mol. The second-order valence-corrected chi connectivity index (χ2v) is 14.7. The van der Waals surface area contributed by atoms with E-state index < -0.39 is 86.0 Å². The van der Waals surface area contributed by atoms with Crippen LogP contribution in [0.15, 0.2) is 104 Å². The van der Waals surface area contributed by atoms with Gasteiger partial charge in [0.15, 0.2) is 12.5 Å². The summed E-state index contributed by atoms with van der Waals surface area (Å²) in [6.45, 7) is -1.16. The first-order valence-corrected chi connectivity index (χ1v) is 19.1. The molecule has 0 saturated carbocycles. The van der Waals surface area contributed by atoms with E-state index in [1.807, 2.05) is 60.7 Å². The summed E-state index contributed by atoms with van der Waals surface area (Å²) in [5.74, 6) is 0. The number of phosphoric ester groups is 1. The van der Waals surface area contributed by atoms with Gasteiger partial charge in [-0.1, -0.05) is 60.7 Å². The van der Waals surface area contributed by atoms with Gasteiger partial charge in [0.05, 0.1) is 26.4 Å². The standard InChI is InChI=1S/C36H41N4O15P/c1-47-31-29(43)25(53-33(31)37-15-13-27(41)39(35(37)44)21-49-17-23-9-5-3-6-10-23)19-51-56(46)52-20-26-30(55-56)32(48-2)34(54-26)38-16-14-28(42)40(36(38)45)22-50-18-24-11-7-4-8-12-24/h3-16,25-26,29-34,43H,17-22H2,1-2H3/t25-,26-,29-,30-,31-,32-,33-,34-,56?/m1/s1. The Kier molecular flexibility index (Phi) is 12.4. The maximum atomic E-state index is 13.8. The van der Waals surface area contributed by atoms with E-state index in [4.69, 9.17) is 42.0 Å². The van der Waals surface area contributed by atoms with Crippen molar-refractivity contribution in [2.75, 3.05) is 27.4 Å². The van der Waals surface area contributed by atoms with Crippen LogP contribution in [0.3, 0.4) is 0 Å². The molecule has 1 unspecified atom stereocenters. The molecule has 300 valence electrons. The van der Waals surface area contributed by atoms with Crippen LogP contribution in [0.4, 0.5) is 0 Å². The molecule has 0 radical (unpaired) electrons. The predicted octanol–water partition coefficient (Wildman–Crippen LogP) is 1.11. The van der Waals surface area contributed by atoms with Crippen LogP contribution in [-0.2, 0) is 73.2 Å². The molecule has 4 aromatic rings. The van der Waals surface area contributed by atoms with Crippen molar-refractivity contribution in [2.45, 2.75) is 75.8 Å². The van der Waals surface area contributed by atoms with Crippen molar-refractivity contribution >= 4 is 7.82 Å². The zero-order chi connectivity index (χ0) is 39.4. The third-order valence-electron chi connectivity index (χ3n) is 9.59. The number of aliphatic hydroxyl groups excluding tert-OH is 1. The first-order chi connectivity index (χ1) is 27.1. The number of hydrogen-bond donors (Lipinski definition) is 1. The number of benzene rings is 2. The average molecular weight is 801 g/mol. The average Bonchev–Trinajstić information content (AvgIpc) is 3.72. The molecular formula is C36H41N4O15P. The fourth-order valence-electron chi connectivity index (χ4n) is 6.70. The van der Waals surface area contributed by atoms with Gasteiger partial charge in [-0.05, 0) is 11.1 Å². The molecule has 2 aromatic carbocycles. The van der Waals surface area contributed by atoms with E-state index in [1.54, 1.807) is 0 Å². The van der Waals surface area contributed by atoms with Gasteiger partial charge in [-0.2, -0.15) is 0 Å². The second kappa shape index (κ2) is 17.4. The molecule has 19 nitrogen and oxygen atoms in total. The number of ether oxygens (including phenoxy) is 6. The first kappa shape index (κ1) is 39.8. The zero-order valence-corrected chi connectivity index (χ0v) is 31.2. The molecule has 3 saturated heterocycles. The third kappa shape index (κ3) is 8.34. The number of methoxy groups -OCH3 is 2. The van der Waals surface area contributed by atoms with E-state index in [1.165, 1.54) is 32.7 Å². The highest BCUT2D eigenvalue weighted by Crippen LogP contribution is 2.57. The smallest absolute Gasteiger partial charge is 0.387 e. The minimum absolute atomic E-state index is 0.155. The number of rotatable bonds is 15. The van der Waals surface area contributed by atoms with Crippen molar-refractivity contribution in [2.24, 2.45) is 0 Å². The molecule has 9 atom stereocenters. The van der Waals surface area contributed by atoms with Gasteiger partial charge in [0, 0.05) is 38.7 Å². The highest BCUT2D eigenvalue weighted by molar-refractivity contribution is 7.48. The number of aromatic nitrogens is 4. The number of nitrogens with zero attached hydrogens (tertiary/aromatic N) is 4. The lowest BCUT2D eigenvalue weighted by Gasteiger charge is -2.32. The Balaban J connectivity index is 1.00. The van der Waals surface area contributed by atoms with Crippen LogP contribution in [0.25, 0.3) is 0 Å². The van der Waals surface area contributed by atoms with Gasteiger partial charge in [0.1, 0.15) is 50.1 Å².